The number of rotatable bonds is 8. The third-order valence-electron chi connectivity index (χ3n) is 5.02. The van der Waals surface area contributed by atoms with Gasteiger partial charge in [-0.1, -0.05) is 42.2 Å². The first kappa shape index (κ1) is 27.9. The van der Waals surface area contributed by atoms with E-state index in [2.05, 4.69) is 33.8 Å². The minimum Gasteiger partial charge on any atom is -0.445 e. The molecule has 0 spiro atoms. The fourth-order valence-electron chi connectivity index (χ4n) is 3.09. The van der Waals surface area contributed by atoms with E-state index in [4.69, 9.17) is 9.29 Å². The standard InChI is InChI=1S/C26H22N2O9S/c29-23-17-22(38(33,34)35)25(31)28(23)37-24(30)11-6-16-27-26(32)36-18-21-14-12-20(13-15-21)10-5-4-9-19-7-2-1-3-8-19/h1-3,7-8,12-15,22H,6,11,16-18H2,(H,27,32)(H,33,34,35). The number of ether oxygens (including phenoxy) is 1. The van der Waals surface area contributed by atoms with Crippen LogP contribution in [0.1, 0.15) is 36.0 Å². The van der Waals surface area contributed by atoms with Crippen LogP contribution >= 0.6 is 0 Å². The molecule has 1 atom stereocenters. The molecule has 0 aliphatic carbocycles. The van der Waals surface area contributed by atoms with Crippen molar-refractivity contribution in [1.29, 1.82) is 0 Å². The van der Waals surface area contributed by atoms with Crippen molar-refractivity contribution >= 4 is 34.0 Å². The van der Waals surface area contributed by atoms with Gasteiger partial charge in [-0.05, 0) is 48.1 Å². The van der Waals surface area contributed by atoms with E-state index in [1.54, 1.807) is 24.3 Å². The molecule has 2 aromatic carbocycles. The Morgan fingerprint density at radius 3 is 2.24 bits per heavy atom. The zero-order valence-corrected chi connectivity index (χ0v) is 20.7. The molecule has 2 aromatic rings. The quantitative estimate of drug-likeness (QED) is 0.220. The molecule has 2 N–H and O–H groups in total. The lowest BCUT2D eigenvalue weighted by Gasteiger charge is -2.13. The van der Waals surface area contributed by atoms with E-state index < -0.39 is 45.7 Å². The molecular formula is C26H22N2O9S. The molecule has 3 amide bonds. The number of carbonyl (C=O) groups is 4. The van der Waals surface area contributed by atoms with Crippen molar-refractivity contribution in [2.24, 2.45) is 0 Å². The number of hydrogen-bond donors (Lipinski definition) is 2. The van der Waals surface area contributed by atoms with Crippen LogP contribution < -0.4 is 5.32 Å². The van der Waals surface area contributed by atoms with Crippen molar-refractivity contribution in [3.05, 3.63) is 71.3 Å². The Hall–Kier alpha value is -4.65. The van der Waals surface area contributed by atoms with Gasteiger partial charge in [0.1, 0.15) is 6.61 Å². The lowest BCUT2D eigenvalue weighted by Crippen LogP contribution is -2.36. The molecule has 12 heteroatoms. The molecule has 196 valence electrons. The van der Waals surface area contributed by atoms with Crippen molar-refractivity contribution in [1.82, 2.24) is 10.4 Å². The molecule has 1 saturated heterocycles. The molecule has 1 aliphatic rings. The normalized spacial score (nSPS) is 14.6. The number of nitrogens with zero attached hydrogens (tertiary/aromatic N) is 1. The molecule has 11 nitrogen and oxygen atoms in total. The highest BCUT2D eigenvalue weighted by Crippen LogP contribution is 2.20. The number of hydroxylamine groups is 2. The third kappa shape index (κ3) is 8.48. The smallest absolute Gasteiger partial charge is 0.407 e. The Balaban J connectivity index is 1.33. The molecule has 1 unspecified atom stereocenters. The SMILES string of the molecule is O=C(CCCNC(=O)OCc1ccc(C#CC#Cc2ccccc2)cc1)ON1C(=O)CC(S(=O)(=O)O)C1=O. The third-order valence-corrected chi connectivity index (χ3v) is 6.10. The van der Waals surface area contributed by atoms with Crippen molar-refractivity contribution in [3.8, 4) is 23.7 Å². The number of benzene rings is 2. The topological polar surface area (TPSA) is 156 Å². The molecule has 1 fully saturated rings. The lowest BCUT2D eigenvalue weighted by molar-refractivity contribution is -0.197. The van der Waals surface area contributed by atoms with Crippen LogP contribution in [0.2, 0.25) is 0 Å². The number of carbonyl (C=O) groups excluding carboxylic acids is 4. The fourth-order valence-corrected chi connectivity index (χ4v) is 3.80. The zero-order valence-electron chi connectivity index (χ0n) is 19.9. The number of amides is 3. The highest BCUT2D eigenvalue weighted by atomic mass is 32.2. The van der Waals surface area contributed by atoms with Crippen LogP contribution in [-0.2, 0) is 40.7 Å². The minimum absolute atomic E-state index is 0.00348. The second-order valence-corrected chi connectivity index (χ2v) is 9.47. The predicted octanol–water partition coefficient (Wildman–Crippen LogP) is 1.57. The zero-order chi connectivity index (χ0) is 27.5. The van der Waals surface area contributed by atoms with Gasteiger partial charge in [-0.2, -0.15) is 8.42 Å². The van der Waals surface area contributed by atoms with E-state index in [0.717, 1.165) is 16.7 Å². The monoisotopic (exact) mass is 538 g/mol. The van der Waals surface area contributed by atoms with Gasteiger partial charge in [0.05, 0.1) is 6.42 Å². The summed E-state index contributed by atoms with van der Waals surface area (Å²) in [7, 11) is -4.80. The van der Waals surface area contributed by atoms with Gasteiger partial charge in [-0.15, -0.1) is 5.06 Å². The average Bonchev–Trinajstić information content (AvgIpc) is 3.18. The van der Waals surface area contributed by atoms with Crippen LogP contribution in [0.25, 0.3) is 0 Å². The average molecular weight is 539 g/mol. The summed E-state index contributed by atoms with van der Waals surface area (Å²) in [6.07, 6.45) is -1.74. The Morgan fingerprint density at radius 1 is 1.00 bits per heavy atom. The summed E-state index contributed by atoms with van der Waals surface area (Å²) in [6, 6.07) is 16.5. The Bertz CT molecular complexity index is 1430. The predicted molar refractivity (Wildman–Crippen MR) is 132 cm³/mol. The van der Waals surface area contributed by atoms with Crippen molar-refractivity contribution < 1.29 is 41.7 Å². The molecule has 38 heavy (non-hydrogen) atoms. The molecule has 3 rings (SSSR count). The summed E-state index contributed by atoms with van der Waals surface area (Å²) in [5, 5.41) is 0.467. The Kier molecular flexibility index (Phi) is 9.60. The first-order valence-corrected chi connectivity index (χ1v) is 12.7. The molecule has 1 aliphatic heterocycles. The Morgan fingerprint density at radius 2 is 1.63 bits per heavy atom. The molecular weight excluding hydrogens is 516 g/mol. The summed E-state index contributed by atoms with van der Waals surface area (Å²) >= 11 is 0. The first-order valence-electron chi connectivity index (χ1n) is 11.2. The van der Waals surface area contributed by atoms with Crippen LogP contribution in [0.3, 0.4) is 0 Å². The number of nitrogens with one attached hydrogen (secondary N) is 1. The van der Waals surface area contributed by atoms with E-state index in [0.29, 0.717) is 0 Å². The fraction of sp³-hybridized carbons (Fsp3) is 0.231. The van der Waals surface area contributed by atoms with Gasteiger partial charge in [0.15, 0.2) is 5.25 Å². The molecule has 0 saturated carbocycles. The largest absolute Gasteiger partial charge is 0.445 e. The number of imide groups is 1. The molecule has 0 bridgehead atoms. The minimum atomic E-state index is -4.80. The molecule has 0 aromatic heterocycles. The second-order valence-electron chi connectivity index (χ2n) is 7.87. The highest BCUT2D eigenvalue weighted by Gasteiger charge is 2.48. The van der Waals surface area contributed by atoms with Gasteiger partial charge in [0, 0.05) is 24.1 Å². The van der Waals surface area contributed by atoms with Crippen LogP contribution in [0, 0.1) is 23.7 Å². The van der Waals surface area contributed by atoms with Crippen LogP contribution in [0.4, 0.5) is 4.79 Å². The maximum atomic E-state index is 11.8. The van der Waals surface area contributed by atoms with E-state index in [1.165, 1.54) is 0 Å². The van der Waals surface area contributed by atoms with E-state index in [9.17, 15) is 27.6 Å². The summed E-state index contributed by atoms with van der Waals surface area (Å²) in [5.74, 6) is 8.03. The molecule has 0 radical (unpaired) electrons. The maximum Gasteiger partial charge on any atom is 0.407 e. The summed E-state index contributed by atoms with van der Waals surface area (Å²) < 4.78 is 36.2. The Labute approximate surface area is 218 Å². The van der Waals surface area contributed by atoms with Crippen LogP contribution in [0.5, 0.6) is 0 Å². The van der Waals surface area contributed by atoms with Gasteiger partial charge in [-0.25, -0.2) is 9.59 Å². The van der Waals surface area contributed by atoms with Gasteiger partial charge < -0.3 is 14.9 Å². The summed E-state index contributed by atoms with van der Waals surface area (Å²) in [5.41, 5.74) is 2.35. The van der Waals surface area contributed by atoms with E-state index in [1.807, 2.05) is 30.3 Å². The number of hydrogen-bond acceptors (Lipinski definition) is 8. The van der Waals surface area contributed by atoms with E-state index in [-0.39, 0.29) is 31.1 Å². The van der Waals surface area contributed by atoms with Crippen molar-refractivity contribution in [2.75, 3.05) is 6.54 Å². The summed E-state index contributed by atoms with van der Waals surface area (Å²) in [6.45, 7) is 0.0333. The second kappa shape index (κ2) is 13.1. The van der Waals surface area contributed by atoms with Crippen LogP contribution in [0.15, 0.2) is 54.6 Å². The van der Waals surface area contributed by atoms with Crippen molar-refractivity contribution in [3.63, 3.8) is 0 Å². The molecule has 1 heterocycles. The van der Waals surface area contributed by atoms with Crippen molar-refractivity contribution in [2.45, 2.75) is 31.1 Å². The maximum absolute atomic E-state index is 11.8. The highest BCUT2D eigenvalue weighted by molar-refractivity contribution is 7.87. The van der Waals surface area contributed by atoms with Gasteiger partial charge in [-0.3, -0.25) is 14.1 Å². The van der Waals surface area contributed by atoms with Gasteiger partial charge in [0.25, 0.3) is 21.9 Å². The van der Waals surface area contributed by atoms with Gasteiger partial charge >= 0.3 is 12.1 Å². The van der Waals surface area contributed by atoms with Gasteiger partial charge in [0.2, 0.25) is 0 Å². The lowest BCUT2D eigenvalue weighted by atomic mass is 10.1. The van der Waals surface area contributed by atoms with E-state index >= 15 is 0 Å². The first-order chi connectivity index (χ1) is 18.1. The van der Waals surface area contributed by atoms with Crippen LogP contribution in [-0.4, -0.2) is 53.7 Å². The number of alkyl carbamates (subject to hydrolysis) is 1. The summed E-state index contributed by atoms with van der Waals surface area (Å²) in [4.78, 5) is 51.8.